The van der Waals surface area contributed by atoms with Crippen LogP contribution in [0.3, 0.4) is 0 Å². The first-order chi connectivity index (χ1) is 14.0. The number of carbonyl (C=O) groups is 2. The van der Waals surface area contributed by atoms with Crippen molar-refractivity contribution in [2.75, 3.05) is 19.8 Å². The quantitative estimate of drug-likeness (QED) is 0.556. The Hall–Kier alpha value is -2.90. The number of aromatic amines is 1. The number of nitrogens with one attached hydrogen (secondary N) is 2. The van der Waals surface area contributed by atoms with E-state index in [2.05, 4.69) is 23.3 Å². The summed E-state index contributed by atoms with van der Waals surface area (Å²) in [6.07, 6.45) is 4.88. The smallest absolute Gasteiger partial charge is 0.330 e. The summed E-state index contributed by atoms with van der Waals surface area (Å²) in [5.74, 6) is -1.10. The summed E-state index contributed by atoms with van der Waals surface area (Å²) in [5, 5.41) is 23.9. The van der Waals surface area contributed by atoms with Gasteiger partial charge in [-0.1, -0.05) is 19.1 Å². The molecule has 0 fully saturated rings. The highest BCUT2D eigenvalue weighted by Crippen LogP contribution is 2.37. The molecule has 1 unspecified atom stereocenters. The van der Waals surface area contributed by atoms with Gasteiger partial charge in [-0.2, -0.15) is 0 Å². The molecule has 1 aliphatic carbocycles. The van der Waals surface area contributed by atoms with Gasteiger partial charge in [0.05, 0.1) is 5.70 Å². The van der Waals surface area contributed by atoms with E-state index in [0.717, 1.165) is 47.2 Å². The summed E-state index contributed by atoms with van der Waals surface area (Å²) in [4.78, 5) is 29.2. The Bertz CT molecular complexity index is 1030. The number of carboxylic acid groups (broad SMARTS) is 1. The molecule has 1 aromatic heterocycles. The zero-order chi connectivity index (χ0) is 20.5. The molecule has 7 nitrogen and oxygen atoms in total. The van der Waals surface area contributed by atoms with Crippen LogP contribution >= 0.6 is 0 Å². The van der Waals surface area contributed by atoms with Gasteiger partial charge >= 0.3 is 5.97 Å². The molecule has 0 bridgehead atoms. The van der Waals surface area contributed by atoms with Crippen molar-refractivity contribution in [1.82, 2.24) is 15.2 Å². The van der Waals surface area contributed by atoms with Gasteiger partial charge in [0.2, 0.25) is 0 Å². The molecule has 152 valence electrons. The fourth-order valence-electron chi connectivity index (χ4n) is 4.19. The average molecular weight is 395 g/mol. The molecule has 0 saturated carbocycles. The fraction of sp³-hybridized carbons (Fsp3) is 0.364. The van der Waals surface area contributed by atoms with Crippen LogP contribution in [0.25, 0.3) is 16.6 Å². The van der Waals surface area contributed by atoms with Gasteiger partial charge in [-0.25, -0.2) is 4.79 Å². The van der Waals surface area contributed by atoms with Gasteiger partial charge in [0, 0.05) is 40.7 Å². The number of carboxylic acids is 1. The van der Waals surface area contributed by atoms with Gasteiger partial charge in [-0.05, 0) is 43.1 Å². The van der Waals surface area contributed by atoms with E-state index in [0.29, 0.717) is 24.1 Å². The maximum atomic E-state index is 12.7. The maximum absolute atomic E-state index is 12.7. The molecular formula is C22H25N3O4. The summed E-state index contributed by atoms with van der Waals surface area (Å²) < 4.78 is 0. The van der Waals surface area contributed by atoms with Crippen molar-refractivity contribution in [3.63, 3.8) is 0 Å². The van der Waals surface area contributed by atoms with E-state index < -0.39 is 18.7 Å². The first kappa shape index (κ1) is 19.4. The number of rotatable bonds is 6. The van der Waals surface area contributed by atoms with Crippen LogP contribution in [0.2, 0.25) is 0 Å². The Morgan fingerprint density at radius 2 is 2.14 bits per heavy atom. The number of ketones is 1. The molecule has 0 radical (unpaired) electrons. The Morgan fingerprint density at radius 3 is 2.86 bits per heavy atom. The molecule has 29 heavy (non-hydrogen) atoms. The van der Waals surface area contributed by atoms with Crippen molar-refractivity contribution in [2.24, 2.45) is 0 Å². The molecule has 4 rings (SSSR count). The summed E-state index contributed by atoms with van der Waals surface area (Å²) in [6.45, 7) is 3.40. The van der Waals surface area contributed by atoms with Crippen LogP contribution < -0.4 is 5.32 Å². The number of carbonyl (C=O) groups excluding carboxylic acids is 1. The number of H-pyrrole nitrogens is 1. The molecule has 7 heteroatoms. The number of fused-ring (bicyclic) bond motifs is 3. The lowest BCUT2D eigenvalue weighted by Gasteiger charge is -2.33. The lowest BCUT2D eigenvalue weighted by atomic mass is 9.95. The monoisotopic (exact) mass is 395 g/mol. The Labute approximate surface area is 168 Å². The third kappa shape index (κ3) is 3.47. The minimum atomic E-state index is -1.06. The first-order valence-electron chi connectivity index (χ1n) is 9.95. The van der Waals surface area contributed by atoms with Gasteiger partial charge in [-0.15, -0.1) is 0 Å². The van der Waals surface area contributed by atoms with Crippen LogP contribution in [0.1, 0.15) is 30.2 Å². The predicted molar refractivity (Wildman–Crippen MR) is 110 cm³/mol. The van der Waals surface area contributed by atoms with Gasteiger partial charge in [0.1, 0.15) is 12.8 Å². The summed E-state index contributed by atoms with van der Waals surface area (Å²) >= 11 is 0. The van der Waals surface area contributed by atoms with Crippen LogP contribution in [0.4, 0.5) is 0 Å². The highest BCUT2D eigenvalue weighted by Gasteiger charge is 2.34. The van der Waals surface area contributed by atoms with Crippen molar-refractivity contribution < 1.29 is 19.8 Å². The molecule has 2 aliphatic rings. The van der Waals surface area contributed by atoms with Crippen molar-refractivity contribution >= 4 is 28.4 Å². The molecule has 4 N–H and O–H groups in total. The normalized spacial score (nSPS) is 18.8. The van der Waals surface area contributed by atoms with Crippen molar-refractivity contribution in [1.29, 1.82) is 0 Å². The Kier molecular flexibility index (Phi) is 5.25. The number of Topliss-reactive ketones (excluding diaryl/α,β-unsaturated/α-hetero) is 1. The highest BCUT2D eigenvalue weighted by atomic mass is 16.4. The van der Waals surface area contributed by atoms with Crippen LogP contribution in [-0.2, 0) is 22.4 Å². The zero-order valence-electron chi connectivity index (χ0n) is 16.4. The van der Waals surface area contributed by atoms with E-state index >= 15 is 0 Å². The molecule has 2 heterocycles. The van der Waals surface area contributed by atoms with E-state index in [1.807, 2.05) is 12.1 Å². The second kappa shape index (κ2) is 7.85. The number of likely N-dealkylation sites (N-methyl/N-ethyl adjacent to an activating group) is 1. The molecule has 0 spiro atoms. The molecular weight excluding hydrogens is 370 g/mol. The third-order valence-electron chi connectivity index (χ3n) is 5.63. The summed E-state index contributed by atoms with van der Waals surface area (Å²) in [7, 11) is 0. The van der Waals surface area contributed by atoms with E-state index in [1.54, 1.807) is 6.08 Å². The lowest BCUT2D eigenvalue weighted by molar-refractivity contribution is -0.141. The second-order valence-electron chi connectivity index (χ2n) is 7.43. The zero-order valence-corrected chi connectivity index (χ0v) is 16.4. The summed E-state index contributed by atoms with van der Waals surface area (Å²) in [5.41, 5.74) is 4.91. The summed E-state index contributed by atoms with van der Waals surface area (Å²) in [6, 6.07) is 5.15. The standard InChI is InChI=1S/C22H25N3O4/c1-2-23-8-7-15-9-14-10-17-13(11-18(14)24-15)3-6-20(27)16-4-5-19(22(28)29)25(12-26)21(16)17/h4-5,9-11,19,23-24,26H,2-3,6-8,12H2,1H3,(H,28,29). The average Bonchev–Trinajstić information content (AvgIpc) is 3.05. The van der Waals surface area contributed by atoms with Gasteiger partial charge < -0.3 is 25.4 Å². The fourth-order valence-corrected chi connectivity index (χ4v) is 4.19. The molecule has 1 aliphatic heterocycles. The topological polar surface area (TPSA) is 106 Å². The largest absolute Gasteiger partial charge is 0.479 e. The van der Waals surface area contributed by atoms with Crippen molar-refractivity contribution in [2.45, 2.75) is 32.2 Å². The predicted octanol–water partition coefficient (Wildman–Crippen LogP) is 1.82. The van der Waals surface area contributed by atoms with Crippen LogP contribution in [0.15, 0.2) is 35.9 Å². The number of hydrogen-bond acceptors (Lipinski definition) is 5. The number of benzene rings is 1. The number of aliphatic hydroxyl groups is 1. The number of nitrogens with zero attached hydrogens (tertiary/aromatic N) is 1. The minimum Gasteiger partial charge on any atom is -0.479 e. The van der Waals surface area contributed by atoms with Crippen LogP contribution in [-0.4, -0.2) is 57.7 Å². The van der Waals surface area contributed by atoms with Crippen LogP contribution in [0, 0.1) is 0 Å². The van der Waals surface area contributed by atoms with Gasteiger partial charge in [-0.3, -0.25) is 4.79 Å². The number of aliphatic hydroxyl groups excluding tert-OH is 1. The second-order valence-corrected chi connectivity index (χ2v) is 7.43. The number of allylic oxidation sites excluding steroid dienone is 2. The van der Waals surface area contributed by atoms with E-state index in [1.165, 1.54) is 11.0 Å². The van der Waals surface area contributed by atoms with Crippen molar-refractivity contribution in [3.8, 4) is 0 Å². The Morgan fingerprint density at radius 1 is 1.31 bits per heavy atom. The minimum absolute atomic E-state index is 0.0373. The number of aromatic nitrogens is 1. The van der Waals surface area contributed by atoms with Gasteiger partial charge in [0.25, 0.3) is 0 Å². The SMILES string of the molecule is CCNCCc1cc2cc3c(cc2[nH]1)CCC(=O)C1=C3N(CO)C(C(=O)O)C=C1. The third-order valence-corrected chi connectivity index (χ3v) is 5.63. The Balaban J connectivity index is 1.83. The van der Waals surface area contributed by atoms with E-state index in [9.17, 15) is 19.8 Å². The molecule has 1 atom stereocenters. The number of aliphatic carboxylic acids is 1. The van der Waals surface area contributed by atoms with Crippen molar-refractivity contribution in [3.05, 3.63) is 52.7 Å². The first-order valence-corrected chi connectivity index (χ1v) is 9.95. The van der Waals surface area contributed by atoms with Crippen LogP contribution in [0.5, 0.6) is 0 Å². The molecule has 1 aromatic carbocycles. The lowest BCUT2D eigenvalue weighted by Crippen LogP contribution is -2.41. The molecule has 0 saturated heterocycles. The number of aryl methyl sites for hydroxylation is 1. The van der Waals surface area contributed by atoms with E-state index in [-0.39, 0.29) is 5.78 Å². The maximum Gasteiger partial charge on any atom is 0.330 e. The highest BCUT2D eigenvalue weighted by molar-refractivity contribution is 6.08. The number of hydrogen-bond donors (Lipinski definition) is 4. The van der Waals surface area contributed by atoms with Gasteiger partial charge in [0.15, 0.2) is 5.78 Å². The molecule has 2 aromatic rings. The van der Waals surface area contributed by atoms with E-state index in [4.69, 9.17) is 0 Å². The molecule has 0 amide bonds.